The van der Waals surface area contributed by atoms with E-state index in [0.717, 1.165) is 35.3 Å². The maximum Gasteiger partial charge on any atom is 0.341 e. The van der Waals surface area contributed by atoms with Crippen molar-refractivity contribution in [2.75, 3.05) is 17.2 Å². The van der Waals surface area contributed by atoms with Gasteiger partial charge in [0.2, 0.25) is 5.91 Å². The molecule has 2 unspecified atom stereocenters. The smallest absolute Gasteiger partial charge is 0.341 e. The van der Waals surface area contributed by atoms with Crippen molar-refractivity contribution in [3.05, 3.63) is 153 Å². The van der Waals surface area contributed by atoms with Gasteiger partial charge in [-0.05, 0) is 97.3 Å². The van der Waals surface area contributed by atoms with Crippen molar-refractivity contribution < 1.29 is 23.9 Å². The average Bonchev–Trinajstić information content (AvgIpc) is 3.52. The first-order chi connectivity index (χ1) is 25.7. The lowest BCUT2D eigenvalue weighted by molar-refractivity contribution is -0.116. The number of carbonyl (C=O) groups is 4. The highest BCUT2D eigenvalue weighted by atomic mass is 35.5. The molecule has 5 aromatic rings. The minimum Gasteiger partial charge on any atom is -0.462 e. The Hall–Kier alpha value is -5.16. The summed E-state index contributed by atoms with van der Waals surface area (Å²) in [5.74, 6) is -1.19. The number of hydrogen-bond donors (Lipinski definition) is 3. The number of ether oxygens (including phenoxy) is 1. The molecule has 0 saturated carbocycles. The van der Waals surface area contributed by atoms with Crippen molar-refractivity contribution in [1.29, 1.82) is 0 Å². The third kappa shape index (κ3) is 9.64. The van der Waals surface area contributed by atoms with Crippen LogP contribution < -0.4 is 16.0 Å². The van der Waals surface area contributed by atoms with Crippen LogP contribution in [0.5, 0.6) is 0 Å². The standard InChI is InChI=1S/C42H38ClN3O5S2/c1-3-51-42(50)36-33-22-17-26(2)23-35(33)53-41(36)46-40(49)37(28-11-6-4-7-12-28)52-32-16-10-15-31(25-32)44-39(48)34(24-27-18-20-30(43)21-19-27)45-38(47)29-13-8-5-9-14-29/h4-16,18-21,24-26,37H,3,17,22-23H2,1-2H3,(H,44,48)(H,45,47)(H,46,49)/b34-24-. The van der Waals surface area contributed by atoms with Crippen molar-refractivity contribution in [3.63, 3.8) is 0 Å². The molecule has 1 aromatic heterocycles. The molecule has 4 aromatic carbocycles. The SMILES string of the molecule is CCOC(=O)c1c(NC(=O)C(Sc2cccc(NC(=O)/C(=C/c3ccc(Cl)cc3)NC(=O)c3ccccc3)c2)c2ccccc2)sc2c1CCC(C)C2. The molecule has 6 rings (SSSR count). The van der Waals surface area contributed by atoms with E-state index in [-0.39, 0.29) is 18.2 Å². The lowest BCUT2D eigenvalue weighted by atomic mass is 9.88. The molecule has 3 N–H and O–H groups in total. The van der Waals surface area contributed by atoms with Crippen LogP contribution in [0.1, 0.15) is 67.8 Å². The number of thioether (sulfide) groups is 1. The van der Waals surface area contributed by atoms with E-state index in [4.69, 9.17) is 16.3 Å². The number of nitrogens with one attached hydrogen (secondary N) is 3. The Morgan fingerprint density at radius 1 is 0.925 bits per heavy atom. The molecule has 270 valence electrons. The zero-order valence-electron chi connectivity index (χ0n) is 29.2. The number of anilines is 2. The first-order valence-electron chi connectivity index (χ1n) is 17.3. The van der Waals surface area contributed by atoms with E-state index in [1.807, 2.05) is 36.4 Å². The number of amides is 3. The minimum atomic E-state index is -0.694. The van der Waals surface area contributed by atoms with Crippen LogP contribution in [0.3, 0.4) is 0 Å². The third-order valence-corrected chi connectivity index (χ3v) is 11.3. The molecule has 8 nitrogen and oxygen atoms in total. The summed E-state index contributed by atoms with van der Waals surface area (Å²) in [6, 6.07) is 32.1. The Morgan fingerprint density at radius 2 is 1.64 bits per heavy atom. The molecule has 1 aliphatic rings. The zero-order valence-corrected chi connectivity index (χ0v) is 31.6. The van der Waals surface area contributed by atoms with Crippen molar-refractivity contribution in [2.24, 2.45) is 5.92 Å². The quantitative estimate of drug-likeness (QED) is 0.0663. The monoisotopic (exact) mass is 763 g/mol. The van der Waals surface area contributed by atoms with Crippen LogP contribution in [0, 0.1) is 5.92 Å². The van der Waals surface area contributed by atoms with E-state index in [1.165, 1.54) is 23.1 Å². The van der Waals surface area contributed by atoms with E-state index in [0.29, 0.717) is 43.2 Å². The van der Waals surface area contributed by atoms with Crippen LogP contribution in [0.15, 0.2) is 120 Å². The van der Waals surface area contributed by atoms with Crippen LogP contribution in [0.4, 0.5) is 10.7 Å². The number of esters is 1. The zero-order chi connectivity index (χ0) is 37.3. The van der Waals surface area contributed by atoms with Crippen LogP contribution in [-0.4, -0.2) is 30.3 Å². The minimum absolute atomic E-state index is 0.0335. The summed E-state index contributed by atoms with van der Waals surface area (Å²) >= 11 is 8.84. The number of halogens is 1. The summed E-state index contributed by atoms with van der Waals surface area (Å²) in [6.07, 6.45) is 4.16. The molecule has 0 bridgehead atoms. The highest BCUT2D eigenvalue weighted by Crippen LogP contribution is 2.42. The second kappa shape index (κ2) is 17.6. The lowest BCUT2D eigenvalue weighted by Gasteiger charge is -2.19. The second-order valence-corrected chi connectivity index (χ2v) is 15.3. The summed E-state index contributed by atoms with van der Waals surface area (Å²) in [7, 11) is 0. The fraction of sp³-hybridized carbons (Fsp3) is 0.190. The molecular weight excluding hydrogens is 726 g/mol. The molecule has 11 heteroatoms. The Kier molecular flexibility index (Phi) is 12.5. The molecule has 0 aliphatic heterocycles. The topological polar surface area (TPSA) is 114 Å². The van der Waals surface area contributed by atoms with E-state index < -0.39 is 23.0 Å². The highest BCUT2D eigenvalue weighted by molar-refractivity contribution is 8.00. The summed E-state index contributed by atoms with van der Waals surface area (Å²) in [5, 5.41) is 9.10. The van der Waals surface area contributed by atoms with Gasteiger partial charge >= 0.3 is 5.97 Å². The predicted molar refractivity (Wildman–Crippen MR) is 214 cm³/mol. The third-order valence-electron chi connectivity index (χ3n) is 8.62. The van der Waals surface area contributed by atoms with Gasteiger partial charge in [-0.25, -0.2) is 4.79 Å². The van der Waals surface area contributed by atoms with Gasteiger partial charge in [0.25, 0.3) is 11.8 Å². The summed E-state index contributed by atoms with van der Waals surface area (Å²) < 4.78 is 5.43. The number of fused-ring (bicyclic) bond motifs is 1. The Morgan fingerprint density at radius 3 is 2.36 bits per heavy atom. The van der Waals surface area contributed by atoms with Gasteiger partial charge < -0.3 is 20.7 Å². The summed E-state index contributed by atoms with van der Waals surface area (Å²) in [5.41, 5.74) is 3.76. The molecule has 1 heterocycles. The van der Waals surface area contributed by atoms with Crippen molar-refractivity contribution >= 4 is 75.2 Å². The maximum atomic E-state index is 14.2. The van der Waals surface area contributed by atoms with E-state index in [2.05, 4.69) is 22.9 Å². The summed E-state index contributed by atoms with van der Waals surface area (Å²) in [6.45, 7) is 4.20. The van der Waals surface area contributed by atoms with Crippen molar-refractivity contribution in [3.8, 4) is 0 Å². The molecule has 2 atom stereocenters. The number of thiophene rings is 1. The molecule has 1 aliphatic carbocycles. The highest BCUT2D eigenvalue weighted by Gasteiger charge is 2.31. The van der Waals surface area contributed by atoms with Gasteiger partial charge in [-0.2, -0.15) is 0 Å². The van der Waals surface area contributed by atoms with E-state index in [9.17, 15) is 19.2 Å². The lowest BCUT2D eigenvalue weighted by Crippen LogP contribution is -2.30. The van der Waals surface area contributed by atoms with Crippen LogP contribution in [-0.2, 0) is 27.2 Å². The van der Waals surface area contributed by atoms with Crippen molar-refractivity contribution in [1.82, 2.24) is 5.32 Å². The van der Waals surface area contributed by atoms with Crippen molar-refractivity contribution in [2.45, 2.75) is 43.3 Å². The van der Waals surface area contributed by atoms with Gasteiger partial charge in [0.1, 0.15) is 15.9 Å². The van der Waals surface area contributed by atoms with Crippen LogP contribution in [0.2, 0.25) is 5.02 Å². The summed E-state index contributed by atoms with van der Waals surface area (Å²) in [4.78, 5) is 56.0. The number of hydrogen-bond acceptors (Lipinski definition) is 7. The molecule has 3 amide bonds. The van der Waals surface area contributed by atoms with E-state index in [1.54, 1.807) is 85.8 Å². The first kappa shape index (κ1) is 37.6. The molecule has 0 radical (unpaired) electrons. The van der Waals surface area contributed by atoms with Gasteiger partial charge in [0, 0.05) is 26.0 Å². The number of carbonyl (C=O) groups excluding carboxylic acids is 4. The fourth-order valence-electron chi connectivity index (χ4n) is 5.99. The molecule has 0 fully saturated rings. The van der Waals surface area contributed by atoms with Crippen LogP contribution in [0.25, 0.3) is 6.08 Å². The van der Waals surface area contributed by atoms with Gasteiger partial charge in [-0.3, -0.25) is 14.4 Å². The first-order valence-corrected chi connectivity index (χ1v) is 19.3. The van der Waals surface area contributed by atoms with E-state index >= 15 is 0 Å². The fourth-order valence-corrected chi connectivity index (χ4v) is 8.60. The Bertz CT molecular complexity index is 2140. The number of benzene rings is 4. The van der Waals surface area contributed by atoms with Gasteiger partial charge in [-0.1, -0.05) is 85.3 Å². The maximum absolute atomic E-state index is 14.2. The average molecular weight is 764 g/mol. The normalized spacial score (nSPS) is 14.4. The largest absolute Gasteiger partial charge is 0.462 e. The number of rotatable bonds is 12. The predicted octanol–water partition coefficient (Wildman–Crippen LogP) is 9.58. The van der Waals surface area contributed by atoms with Gasteiger partial charge in [0.05, 0.1) is 12.2 Å². The second-order valence-electron chi connectivity index (χ2n) is 12.6. The molecule has 0 spiro atoms. The van der Waals surface area contributed by atoms with Gasteiger partial charge in [0.15, 0.2) is 0 Å². The molecule has 0 saturated heterocycles. The van der Waals surface area contributed by atoms with Crippen LogP contribution >= 0.6 is 34.7 Å². The molecule has 53 heavy (non-hydrogen) atoms. The molecular formula is C42H38ClN3O5S2. The van der Waals surface area contributed by atoms with Gasteiger partial charge in [-0.15, -0.1) is 23.1 Å². The Labute approximate surface area is 322 Å². The Balaban J connectivity index is 1.25.